The van der Waals surface area contributed by atoms with Crippen molar-refractivity contribution in [2.45, 2.75) is 32.8 Å². The number of hydrogen-bond donors (Lipinski definition) is 1. The molecule has 0 amide bonds. The first-order valence-corrected chi connectivity index (χ1v) is 6.64. The molecule has 21 heavy (non-hydrogen) atoms. The lowest BCUT2D eigenvalue weighted by atomic mass is 10.0. The molecule has 0 aliphatic rings. The number of methoxy groups -OCH3 is 1. The second-order valence-electron chi connectivity index (χ2n) is 5.43. The van der Waals surface area contributed by atoms with Crippen molar-refractivity contribution in [3.8, 4) is 6.07 Å². The molecule has 0 saturated carbocycles. The van der Waals surface area contributed by atoms with Gasteiger partial charge in [-0.05, 0) is 32.4 Å². The monoisotopic (exact) mass is 312 g/mol. The van der Waals surface area contributed by atoms with Gasteiger partial charge in [-0.3, -0.25) is 4.79 Å². The second kappa shape index (κ2) is 6.64. The van der Waals surface area contributed by atoms with Crippen LogP contribution >= 0.6 is 11.6 Å². The lowest BCUT2D eigenvalue weighted by Crippen LogP contribution is -2.29. The number of aromatic amines is 1. The first-order valence-electron chi connectivity index (χ1n) is 6.26. The van der Waals surface area contributed by atoms with Crippen molar-refractivity contribution >= 4 is 23.5 Å². The van der Waals surface area contributed by atoms with Crippen LogP contribution in [0.1, 0.15) is 36.8 Å². The van der Waals surface area contributed by atoms with Crippen molar-refractivity contribution in [2.75, 3.05) is 7.11 Å². The van der Waals surface area contributed by atoms with E-state index in [-0.39, 0.29) is 17.3 Å². The van der Waals surface area contributed by atoms with Crippen LogP contribution in [0.15, 0.2) is 6.07 Å². The lowest BCUT2D eigenvalue weighted by Gasteiger charge is -2.21. The number of rotatable bonds is 4. The molecule has 0 radical (unpaired) electrons. The number of halogens is 1. The van der Waals surface area contributed by atoms with Gasteiger partial charge >= 0.3 is 11.9 Å². The minimum absolute atomic E-state index is 0.0533. The quantitative estimate of drug-likeness (QED) is 0.862. The van der Waals surface area contributed by atoms with E-state index in [2.05, 4.69) is 9.72 Å². The van der Waals surface area contributed by atoms with Gasteiger partial charge in [0.15, 0.2) is 0 Å². The van der Waals surface area contributed by atoms with Crippen molar-refractivity contribution in [3.05, 3.63) is 22.5 Å². The summed E-state index contributed by atoms with van der Waals surface area (Å²) in [5.74, 6) is -2.20. The number of aromatic nitrogens is 1. The van der Waals surface area contributed by atoms with E-state index in [1.807, 2.05) is 6.07 Å². The average Bonchev–Trinajstić information content (AvgIpc) is 2.74. The summed E-state index contributed by atoms with van der Waals surface area (Å²) in [7, 11) is 1.25. The Labute approximate surface area is 128 Å². The van der Waals surface area contributed by atoms with E-state index < -0.39 is 23.5 Å². The summed E-state index contributed by atoms with van der Waals surface area (Å²) in [5.41, 5.74) is -0.0291. The summed E-state index contributed by atoms with van der Waals surface area (Å²) >= 11 is 5.96. The van der Waals surface area contributed by atoms with Crippen LogP contribution in [0, 0.1) is 17.2 Å². The van der Waals surface area contributed by atoms with Gasteiger partial charge in [0.05, 0.1) is 13.2 Å². The zero-order valence-electron chi connectivity index (χ0n) is 12.3. The first-order chi connectivity index (χ1) is 9.67. The van der Waals surface area contributed by atoms with E-state index in [1.54, 1.807) is 20.8 Å². The van der Waals surface area contributed by atoms with E-state index in [0.717, 1.165) is 0 Å². The summed E-state index contributed by atoms with van der Waals surface area (Å²) in [4.78, 5) is 25.9. The van der Waals surface area contributed by atoms with Crippen LogP contribution in [-0.2, 0) is 20.7 Å². The van der Waals surface area contributed by atoms with Crippen LogP contribution < -0.4 is 0 Å². The highest BCUT2D eigenvalue weighted by molar-refractivity contribution is 6.30. The number of carbonyl (C=O) groups is 2. The Morgan fingerprint density at radius 3 is 2.57 bits per heavy atom. The highest BCUT2D eigenvalue weighted by Crippen LogP contribution is 2.22. The van der Waals surface area contributed by atoms with E-state index >= 15 is 0 Å². The number of nitrogens with one attached hydrogen (secondary N) is 1. The third-order valence-electron chi connectivity index (χ3n) is 2.52. The molecule has 1 unspecified atom stereocenters. The number of hydrogen-bond acceptors (Lipinski definition) is 5. The Morgan fingerprint density at radius 2 is 2.10 bits per heavy atom. The molecule has 0 aromatic carbocycles. The number of nitrogens with zero attached hydrogens (tertiary/aromatic N) is 1. The predicted molar refractivity (Wildman–Crippen MR) is 75.8 cm³/mol. The Hall–Kier alpha value is -2.00. The summed E-state index contributed by atoms with van der Waals surface area (Å²) in [6.45, 7) is 5.16. The third-order valence-corrected chi connectivity index (χ3v) is 2.86. The Balaban J connectivity index is 2.88. The highest BCUT2D eigenvalue weighted by Gasteiger charge is 2.27. The van der Waals surface area contributed by atoms with Crippen molar-refractivity contribution in [3.63, 3.8) is 0 Å². The van der Waals surface area contributed by atoms with Gasteiger partial charge in [0.1, 0.15) is 22.4 Å². The SMILES string of the molecule is COC(=O)c1cc(CC(C#N)C(=O)OC(C)(C)C)c(Cl)[nH]1. The zero-order valence-corrected chi connectivity index (χ0v) is 13.1. The van der Waals surface area contributed by atoms with E-state index in [9.17, 15) is 9.59 Å². The molecular weight excluding hydrogens is 296 g/mol. The number of esters is 2. The standard InChI is InChI=1S/C14H17ClN2O4/c1-14(2,3)21-12(18)9(7-16)5-8-6-10(13(19)20-4)17-11(8)15/h6,9,17H,5H2,1-4H3. The first kappa shape index (κ1) is 17.1. The average molecular weight is 313 g/mol. The maximum absolute atomic E-state index is 11.9. The smallest absolute Gasteiger partial charge is 0.354 e. The molecule has 1 aromatic heterocycles. The minimum atomic E-state index is -0.997. The van der Waals surface area contributed by atoms with Crippen molar-refractivity contribution < 1.29 is 19.1 Å². The Morgan fingerprint density at radius 1 is 1.48 bits per heavy atom. The summed E-state index contributed by atoms with van der Waals surface area (Å²) in [6, 6.07) is 3.35. The van der Waals surface area contributed by atoms with Crippen LogP contribution in [0.2, 0.25) is 5.15 Å². The van der Waals surface area contributed by atoms with Crippen LogP contribution in [-0.4, -0.2) is 29.6 Å². The van der Waals surface area contributed by atoms with Gasteiger partial charge in [-0.2, -0.15) is 5.26 Å². The molecule has 1 rings (SSSR count). The van der Waals surface area contributed by atoms with E-state index in [0.29, 0.717) is 5.56 Å². The van der Waals surface area contributed by atoms with Gasteiger partial charge in [0.2, 0.25) is 0 Å². The largest absolute Gasteiger partial charge is 0.464 e. The molecule has 0 saturated heterocycles. The maximum Gasteiger partial charge on any atom is 0.354 e. The van der Waals surface area contributed by atoms with Crippen molar-refractivity contribution in [1.29, 1.82) is 5.26 Å². The maximum atomic E-state index is 11.9. The van der Waals surface area contributed by atoms with Crippen molar-refractivity contribution in [1.82, 2.24) is 4.98 Å². The molecular formula is C14H17ClN2O4. The molecule has 7 heteroatoms. The molecule has 0 aliphatic carbocycles. The van der Waals surface area contributed by atoms with Gasteiger partial charge < -0.3 is 14.5 Å². The summed E-state index contributed by atoms with van der Waals surface area (Å²) in [6.07, 6.45) is 0.0533. The van der Waals surface area contributed by atoms with Gasteiger partial charge in [0.25, 0.3) is 0 Å². The van der Waals surface area contributed by atoms with Crippen LogP contribution in [0.25, 0.3) is 0 Å². The Bertz CT molecular complexity index is 581. The van der Waals surface area contributed by atoms with Crippen LogP contribution in [0.5, 0.6) is 0 Å². The van der Waals surface area contributed by atoms with Gasteiger partial charge in [-0.25, -0.2) is 4.79 Å². The Kier molecular flexibility index (Phi) is 5.39. The summed E-state index contributed by atoms with van der Waals surface area (Å²) in [5, 5.41) is 9.31. The normalized spacial score (nSPS) is 12.4. The predicted octanol–water partition coefficient (Wildman–Crippen LogP) is 2.48. The fourth-order valence-electron chi connectivity index (χ4n) is 1.62. The van der Waals surface area contributed by atoms with Crippen LogP contribution in [0.3, 0.4) is 0 Å². The van der Waals surface area contributed by atoms with E-state index in [4.69, 9.17) is 21.6 Å². The van der Waals surface area contributed by atoms with Gasteiger partial charge in [0, 0.05) is 6.42 Å². The molecule has 0 fully saturated rings. The molecule has 6 nitrogen and oxygen atoms in total. The number of ether oxygens (including phenoxy) is 2. The third kappa shape index (κ3) is 4.80. The topological polar surface area (TPSA) is 92.2 Å². The second-order valence-corrected chi connectivity index (χ2v) is 5.81. The summed E-state index contributed by atoms with van der Waals surface area (Å²) < 4.78 is 9.74. The number of H-pyrrole nitrogens is 1. The zero-order chi connectivity index (χ0) is 16.2. The molecule has 0 bridgehead atoms. The molecule has 0 aliphatic heterocycles. The van der Waals surface area contributed by atoms with E-state index in [1.165, 1.54) is 13.2 Å². The van der Waals surface area contributed by atoms with Gasteiger partial charge in [-0.1, -0.05) is 11.6 Å². The van der Waals surface area contributed by atoms with Crippen molar-refractivity contribution in [2.24, 2.45) is 5.92 Å². The molecule has 1 N–H and O–H groups in total. The molecule has 1 atom stereocenters. The minimum Gasteiger partial charge on any atom is -0.464 e. The molecule has 114 valence electrons. The highest BCUT2D eigenvalue weighted by atomic mass is 35.5. The molecule has 0 spiro atoms. The number of carbonyl (C=O) groups excluding carboxylic acids is 2. The fraction of sp³-hybridized carbons (Fsp3) is 0.500. The van der Waals surface area contributed by atoms with Gasteiger partial charge in [-0.15, -0.1) is 0 Å². The molecule has 1 heterocycles. The van der Waals surface area contributed by atoms with Crippen LogP contribution in [0.4, 0.5) is 0 Å². The number of nitriles is 1. The molecule has 1 aromatic rings. The fourth-order valence-corrected chi connectivity index (χ4v) is 1.85. The lowest BCUT2D eigenvalue weighted by molar-refractivity contribution is -0.157.